The number of aromatic hydroxyl groups is 1. The minimum atomic E-state index is -0.318. The van der Waals surface area contributed by atoms with E-state index >= 15 is 0 Å². The third-order valence-corrected chi connectivity index (χ3v) is 6.72. The van der Waals surface area contributed by atoms with Gasteiger partial charge in [0.2, 0.25) is 0 Å². The quantitative estimate of drug-likeness (QED) is 0.699. The van der Waals surface area contributed by atoms with Crippen molar-refractivity contribution in [3.05, 3.63) is 48.2 Å². The second kappa shape index (κ2) is 10.3. The van der Waals surface area contributed by atoms with Crippen LogP contribution in [0.1, 0.15) is 43.6 Å². The number of carbonyl (C=O) groups is 1. The number of rotatable bonds is 5. The number of para-hydroxylation sites is 2. The molecule has 172 valence electrons. The van der Waals surface area contributed by atoms with Crippen LogP contribution in [0.25, 0.3) is 0 Å². The smallest absolute Gasteiger partial charge is 0.274 e. The molecule has 1 amide bonds. The van der Waals surface area contributed by atoms with Crippen molar-refractivity contribution in [2.24, 2.45) is 0 Å². The Bertz CT molecular complexity index is 911. The summed E-state index contributed by atoms with van der Waals surface area (Å²) < 4.78 is 0. The van der Waals surface area contributed by atoms with Gasteiger partial charge in [-0.3, -0.25) is 9.69 Å². The highest BCUT2D eigenvalue weighted by Gasteiger charge is 2.27. The zero-order valence-electron chi connectivity index (χ0n) is 19.2. The van der Waals surface area contributed by atoms with E-state index in [1.165, 1.54) is 25.9 Å². The summed E-state index contributed by atoms with van der Waals surface area (Å²) >= 11 is 0. The van der Waals surface area contributed by atoms with Gasteiger partial charge in [0, 0.05) is 38.3 Å². The maximum atomic E-state index is 12.7. The molecule has 2 fully saturated rings. The Hall–Kier alpha value is -2.64. The fourth-order valence-corrected chi connectivity index (χ4v) is 4.79. The Labute approximate surface area is 191 Å². The average Bonchev–Trinajstić information content (AvgIpc) is 3.07. The van der Waals surface area contributed by atoms with Crippen molar-refractivity contribution in [2.45, 2.75) is 45.2 Å². The molecule has 32 heavy (non-hydrogen) atoms. The molecule has 0 radical (unpaired) electrons. The van der Waals surface area contributed by atoms with Gasteiger partial charge in [0.05, 0.1) is 5.69 Å². The van der Waals surface area contributed by atoms with Crippen LogP contribution in [-0.4, -0.2) is 77.1 Å². The predicted octanol–water partition coefficient (Wildman–Crippen LogP) is 3.42. The van der Waals surface area contributed by atoms with Crippen LogP contribution in [0.5, 0.6) is 5.75 Å². The summed E-state index contributed by atoms with van der Waals surface area (Å²) in [5.74, 6) is 0.567. The molecule has 7 heteroatoms. The molecule has 4 rings (SSSR count). The van der Waals surface area contributed by atoms with Gasteiger partial charge in [-0.25, -0.2) is 4.98 Å². The van der Waals surface area contributed by atoms with Crippen molar-refractivity contribution in [3.8, 4) is 5.75 Å². The molecule has 1 aromatic carbocycles. The fourth-order valence-electron chi connectivity index (χ4n) is 4.79. The van der Waals surface area contributed by atoms with E-state index in [1.54, 1.807) is 30.3 Å². The molecule has 0 saturated carbocycles. The number of amides is 1. The summed E-state index contributed by atoms with van der Waals surface area (Å²) in [5, 5.41) is 12.7. The highest BCUT2D eigenvalue weighted by Crippen LogP contribution is 2.24. The van der Waals surface area contributed by atoms with Gasteiger partial charge < -0.3 is 20.2 Å². The molecule has 0 spiro atoms. The van der Waals surface area contributed by atoms with Crippen molar-refractivity contribution >= 4 is 17.4 Å². The number of aromatic nitrogens is 1. The van der Waals surface area contributed by atoms with Crippen LogP contribution in [0.15, 0.2) is 42.5 Å². The zero-order valence-corrected chi connectivity index (χ0v) is 19.2. The number of hydrogen-bond donors (Lipinski definition) is 2. The summed E-state index contributed by atoms with van der Waals surface area (Å²) in [6.45, 7) is 11.0. The number of anilines is 2. The summed E-state index contributed by atoms with van der Waals surface area (Å²) in [7, 11) is 0. The Kier molecular flexibility index (Phi) is 7.27. The zero-order chi connectivity index (χ0) is 22.5. The van der Waals surface area contributed by atoms with Crippen molar-refractivity contribution in [1.29, 1.82) is 0 Å². The molecule has 0 aliphatic carbocycles. The lowest BCUT2D eigenvalue weighted by molar-refractivity contribution is 0.0965. The summed E-state index contributed by atoms with van der Waals surface area (Å²) in [4.78, 5) is 24.9. The van der Waals surface area contributed by atoms with Gasteiger partial charge in [0.15, 0.2) is 0 Å². The minimum absolute atomic E-state index is 0.0452. The first-order valence-electron chi connectivity index (χ1n) is 11.8. The van der Waals surface area contributed by atoms with Crippen molar-refractivity contribution in [2.75, 3.05) is 49.5 Å². The molecule has 1 aromatic heterocycles. The molecule has 2 aromatic rings. The Balaban J connectivity index is 1.36. The Morgan fingerprint density at radius 3 is 2.53 bits per heavy atom. The van der Waals surface area contributed by atoms with E-state index in [-0.39, 0.29) is 11.7 Å². The van der Waals surface area contributed by atoms with Crippen LogP contribution >= 0.6 is 0 Å². The van der Waals surface area contributed by atoms with Crippen molar-refractivity contribution < 1.29 is 9.90 Å². The molecular formula is C25H35N5O2. The number of benzene rings is 1. The number of piperidine rings is 1. The van der Waals surface area contributed by atoms with E-state index in [0.29, 0.717) is 23.5 Å². The predicted molar refractivity (Wildman–Crippen MR) is 128 cm³/mol. The van der Waals surface area contributed by atoms with Crippen LogP contribution in [0.4, 0.5) is 11.5 Å². The summed E-state index contributed by atoms with van der Waals surface area (Å²) in [5.41, 5.74) is 0.742. The molecule has 3 heterocycles. The Morgan fingerprint density at radius 1 is 1.00 bits per heavy atom. The lowest BCUT2D eigenvalue weighted by Gasteiger charge is -2.39. The first-order chi connectivity index (χ1) is 15.5. The maximum Gasteiger partial charge on any atom is 0.274 e. The van der Waals surface area contributed by atoms with Gasteiger partial charge in [0.1, 0.15) is 17.3 Å². The van der Waals surface area contributed by atoms with Gasteiger partial charge in [-0.15, -0.1) is 0 Å². The van der Waals surface area contributed by atoms with E-state index in [9.17, 15) is 9.90 Å². The number of hydrogen-bond acceptors (Lipinski definition) is 6. The molecule has 2 aliphatic heterocycles. The maximum absolute atomic E-state index is 12.7. The topological polar surface area (TPSA) is 71.9 Å². The molecule has 2 saturated heterocycles. The molecule has 7 nitrogen and oxygen atoms in total. The molecule has 2 N–H and O–H groups in total. The van der Waals surface area contributed by atoms with Crippen molar-refractivity contribution in [1.82, 2.24) is 14.8 Å². The van der Waals surface area contributed by atoms with Crippen LogP contribution in [0.3, 0.4) is 0 Å². The largest absolute Gasteiger partial charge is 0.506 e. The van der Waals surface area contributed by atoms with Gasteiger partial charge in [-0.1, -0.05) is 18.2 Å². The number of carbonyl (C=O) groups excluding carboxylic acids is 1. The molecule has 2 aliphatic rings. The molecule has 0 atom stereocenters. The third-order valence-electron chi connectivity index (χ3n) is 6.72. The highest BCUT2D eigenvalue weighted by molar-refractivity contribution is 6.03. The minimum Gasteiger partial charge on any atom is -0.506 e. The van der Waals surface area contributed by atoms with E-state index in [1.807, 2.05) is 12.1 Å². The monoisotopic (exact) mass is 437 g/mol. The van der Waals surface area contributed by atoms with Crippen LogP contribution in [0.2, 0.25) is 0 Å². The van der Waals surface area contributed by atoms with Gasteiger partial charge >= 0.3 is 0 Å². The fraction of sp³-hybridized carbons (Fsp3) is 0.520. The number of pyridine rings is 1. The van der Waals surface area contributed by atoms with Crippen LogP contribution in [-0.2, 0) is 0 Å². The first kappa shape index (κ1) is 22.6. The van der Waals surface area contributed by atoms with Crippen LogP contribution < -0.4 is 10.2 Å². The van der Waals surface area contributed by atoms with E-state index < -0.39 is 0 Å². The van der Waals surface area contributed by atoms with Crippen LogP contribution in [0, 0.1) is 0 Å². The number of nitrogens with one attached hydrogen (secondary N) is 1. The SMILES string of the molecule is CC(C)N1CCC(N2CCCN(c3cccc(C(=O)Nc4ccccc4O)n3)CC2)CC1. The lowest BCUT2D eigenvalue weighted by atomic mass is 10.0. The average molecular weight is 438 g/mol. The Morgan fingerprint density at radius 2 is 1.78 bits per heavy atom. The van der Waals surface area contributed by atoms with Gasteiger partial charge in [-0.2, -0.15) is 0 Å². The highest BCUT2D eigenvalue weighted by atomic mass is 16.3. The standard InChI is InChI=1S/C25H35N5O2/c1-19(2)28-15-11-20(12-16-28)29-13-6-14-30(18-17-29)24-10-5-8-22(26-24)25(32)27-21-7-3-4-9-23(21)31/h3-5,7-10,19-20,31H,6,11-18H2,1-2H3,(H,27,32). The number of nitrogens with zero attached hydrogens (tertiary/aromatic N) is 4. The van der Waals surface area contributed by atoms with E-state index in [2.05, 4.69) is 38.8 Å². The third kappa shape index (κ3) is 5.40. The lowest BCUT2D eigenvalue weighted by Crippen LogP contribution is -2.47. The van der Waals surface area contributed by atoms with Gasteiger partial charge in [-0.05, 0) is 70.5 Å². The molecular weight excluding hydrogens is 402 g/mol. The number of phenols is 1. The summed E-state index contributed by atoms with van der Waals surface area (Å²) in [6, 6.07) is 13.6. The van der Waals surface area contributed by atoms with E-state index in [4.69, 9.17) is 0 Å². The first-order valence-corrected chi connectivity index (χ1v) is 11.8. The number of likely N-dealkylation sites (tertiary alicyclic amines) is 1. The van der Waals surface area contributed by atoms with Gasteiger partial charge in [0.25, 0.3) is 5.91 Å². The van der Waals surface area contributed by atoms with E-state index in [0.717, 1.165) is 38.4 Å². The van der Waals surface area contributed by atoms with Crippen molar-refractivity contribution in [3.63, 3.8) is 0 Å². The second-order valence-electron chi connectivity index (χ2n) is 9.09. The normalized spacial score (nSPS) is 19.2. The molecule has 0 unspecified atom stereocenters. The second-order valence-corrected chi connectivity index (χ2v) is 9.09. The summed E-state index contributed by atoms with van der Waals surface area (Å²) in [6.07, 6.45) is 3.59. The molecule has 0 bridgehead atoms. The number of phenolic OH excluding ortho intramolecular Hbond substituents is 1.